The van der Waals surface area contributed by atoms with Crippen molar-refractivity contribution in [2.75, 3.05) is 0 Å². The van der Waals surface area contributed by atoms with E-state index in [1.807, 2.05) is 32.0 Å². The third-order valence-electron chi connectivity index (χ3n) is 3.78. The number of aliphatic imine (C=N–C) groups is 1. The summed E-state index contributed by atoms with van der Waals surface area (Å²) in [7, 11) is 0. The van der Waals surface area contributed by atoms with Gasteiger partial charge in [-0.2, -0.15) is 0 Å². The molecule has 0 saturated heterocycles. The van der Waals surface area contributed by atoms with Crippen molar-refractivity contribution >= 4 is 17.2 Å². The van der Waals surface area contributed by atoms with Crippen LogP contribution in [0, 0.1) is 24.0 Å². The number of aryl methyl sites for hydroxylation is 2. The number of fused-ring (bicyclic) bond motifs is 1. The highest BCUT2D eigenvalue weighted by Crippen LogP contribution is 2.28. The minimum Gasteiger partial charge on any atom is -0.286 e. The average molecular weight is 294 g/mol. The number of nitrogens with zero attached hydrogens (tertiary/aromatic N) is 2. The highest BCUT2D eigenvalue weighted by Gasteiger charge is 2.45. The van der Waals surface area contributed by atoms with Crippen molar-refractivity contribution in [2.24, 2.45) is 4.99 Å². The minimum absolute atomic E-state index is 0.220. The summed E-state index contributed by atoms with van der Waals surface area (Å²) in [6, 6.07) is 11.0. The van der Waals surface area contributed by atoms with Crippen molar-refractivity contribution in [1.82, 2.24) is 0 Å². The van der Waals surface area contributed by atoms with Crippen LogP contribution < -0.4 is 0 Å². The second-order valence-corrected chi connectivity index (χ2v) is 5.38. The number of ketones is 1. The van der Waals surface area contributed by atoms with Gasteiger partial charge in [0.2, 0.25) is 5.78 Å². The Hall–Kier alpha value is -2.82. The molecule has 5 heteroatoms. The van der Waals surface area contributed by atoms with Crippen LogP contribution in [0.4, 0.5) is 5.69 Å². The number of hydrogen-bond donors (Lipinski definition) is 0. The fourth-order valence-corrected chi connectivity index (χ4v) is 2.72. The first-order chi connectivity index (χ1) is 10.5. The van der Waals surface area contributed by atoms with Crippen molar-refractivity contribution in [3.8, 4) is 0 Å². The zero-order chi connectivity index (χ0) is 15.9. The summed E-state index contributed by atoms with van der Waals surface area (Å²) in [6.45, 7) is 3.87. The topological polar surface area (TPSA) is 72.6 Å². The molecule has 5 nitrogen and oxygen atoms in total. The second kappa shape index (κ2) is 5.18. The molecule has 0 aromatic heterocycles. The van der Waals surface area contributed by atoms with Crippen molar-refractivity contribution in [3.63, 3.8) is 0 Å². The van der Waals surface area contributed by atoms with Gasteiger partial charge in [-0.05, 0) is 25.5 Å². The maximum atomic E-state index is 12.3. The molecule has 0 saturated carbocycles. The first-order valence-corrected chi connectivity index (χ1v) is 6.92. The largest absolute Gasteiger partial charge is 0.316 e. The van der Waals surface area contributed by atoms with Gasteiger partial charge in [-0.3, -0.25) is 14.9 Å². The number of nitro groups is 1. The normalized spacial score (nSPS) is 18.5. The molecule has 1 atom stereocenters. The number of Topliss-reactive ketones (excluding diaryl/α,β-unsaturated/α-hetero) is 1. The van der Waals surface area contributed by atoms with E-state index in [4.69, 9.17) is 0 Å². The average Bonchev–Trinajstić information content (AvgIpc) is 2.75. The Bertz CT molecular complexity index is 824. The van der Waals surface area contributed by atoms with Crippen LogP contribution in [0.15, 0.2) is 47.5 Å². The van der Waals surface area contributed by atoms with E-state index >= 15 is 0 Å². The molecule has 0 bridgehead atoms. The second-order valence-electron chi connectivity index (χ2n) is 5.38. The Balaban J connectivity index is 2.20. The maximum Gasteiger partial charge on any atom is 0.316 e. The van der Waals surface area contributed by atoms with Crippen LogP contribution in [0.1, 0.15) is 27.0 Å². The molecule has 1 aliphatic carbocycles. The molecular formula is C17H14N2O3. The van der Waals surface area contributed by atoms with E-state index in [2.05, 4.69) is 4.99 Å². The Kier molecular flexibility index (Phi) is 3.33. The van der Waals surface area contributed by atoms with Crippen LogP contribution in [0.2, 0.25) is 0 Å². The van der Waals surface area contributed by atoms with Gasteiger partial charge in [-0.25, -0.2) is 4.99 Å². The Labute approximate surface area is 127 Å². The van der Waals surface area contributed by atoms with Crippen LogP contribution in [-0.2, 0) is 0 Å². The molecule has 0 fully saturated rings. The molecule has 0 amide bonds. The molecule has 0 radical (unpaired) electrons. The quantitative estimate of drug-likeness (QED) is 0.630. The molecule has 0 aliphatic heterocycles. The van der Waals surface area contributed by atoms with Gasteiger partial charge in [-0.15, -0.1) is 0 Å². The molecule has 2 aromatic rings. The zero-order valence-corrected chi connectivity index (χ0v) is 12.2. The lowest BCUT2D eigenvalue weighted by Crippen LogP contribution is -2.31. The van der Waals surface area contributed by atoms with Gasteiger partial charge >= 0.3 is 6.04 Å². The highest BCUT2D eigenvalue weighted by atomic mass is 16.6. The predicted octanol–water partition coefficient (Wildman–Crippen LogP) is 3.27. The third kappa shape index (κ3) is 2.20. The summed E-state index contributed by atoms with van der Waals surface area (Å²) in [4.78, 5) is 27.5. The monoisotopic (exact) mass is 294 g/mol. The van der Waals surface area contributed by atoms with Gasteiger partial charge in [0.05, 0.1) is 5.69 Å². The smallest absolute Gasteiger partial charge is 0.286 e. The van der Waals surface area contributed by atoms with E-state index in [0.29, 0.717) is 16.8 Å². The molecular weight excluding hydrogens is 280 g/mol. The summed E-state index contributed by atoms with van der Waals surface area (Å²) in [5.74, 6) is -0.496. The van der Waals surface area contributed by atoms with Gasteiger partial charge in [0.15, 0.2) is 0 Å². The molecule has 0 unspecified atom stereocenters. The summed E-state index contributed by atoms with van der Waals surface area (Å²) in [5, 5.41) is 11.3. The predicted molar refractivity (Wildman–Crippen MR) is 83.7 cm³/mol. The number of carbonyl (C=O) groups is 1. The number of carbonyl (C=O) groups excluding carboxylic acids is 1. The summed E-state index contributed by atoms with van der Waals surface area (Å²) in [5.41, 5.74) is 3.80. The maximum absolute atomic E-state index is 12.3. The lowest BCUT2D eigenvalue weighted by atomic mass is 10.1. The van der Waals surface area contributed by atoms with Crippen molar-refractivity contribution in [1.29, 1.82) is 0 Å². The van der Waals surface area contributed by atoms with Crippen LogP contribution in [-0.4, -0.2) is 22.5 Å². The standard InChI is InChI=1S/C17H14N2O3/c1-10-7-8-14(11(2)9-10)18-15-12-5-3-4-6-13(12)17(20)16(15)19(21)22/h3-9,16H,1-2H3/t16-/m0/s1. The van der Waals surface area contributed by atoms with E-state index in [1.54, 1.807) is 24.3 Å². The van der Waals surface area contributed by atoms with Crippen molar-refractivity contribution in [3.05, 3.63) is 74.8 Å². The van der Waals surface area contributed by atoms with Crippen LogP contribution in [0.25, 0.3) is 0 Å². The van der Waals surface area contributed by atoms with Gasteiger partial charge in [0, 0.05) is 16.1 Å². The molecule has 110 valence electrons. The molecule has 1 aliphatic rings. The van der Waals surface area contributed by atoms with Crippen LogP contribution in [0.5, 0.6) is 0 Å². The Morgan fingerprint density at radius 2 is 1.77 bits per heavy atom. The Morgan fingerprint density at radius 1 is 1.09 bits per heavy atom. The van der Waals surface area contributed by atoms with Crippen LogP contribution in [0.3, 0.4) is 0 Å². The SMILES string of the molecule is Cc1ccc(N=C2c3ccccc3C(=O)[C@H]2[N+](=O)[O-])c(C)c1. The fourth-order valence-electron chi connectivity index (χ4n) is 2.72. The van der Waals surface area contributed by atoms with E-state index in [1.165, 1.54) is 0 Å². The van der Waals surface area contributed by atoms with Crippen LogP contribution >= 0.6 is 0 Å². The number of benzene rings is 2. The molecule has 0 N–H and O–H groups in total. The van der Waals surface area contributed by atoms with Crippen molar-refractivity contribution in [2.45, 2.75) is 19.9 Å². The van der Waals surface area contributed by atoms with Crippen molar-refractivity contribution < 1.29 is 9.72 Å². The van der Waals surface area contributed by atoms with Gasteiger partial charge < -0.3 is 0 Å². The van der Waals surface area contributed by atoms with Gasteiger partial charge in [0.25, 0.3) is 0 Å². The molecule has 3 rings (SSSR count). The Morgan fingerprint density at radius 3 is 2.41 bits per heavy atom. The van der Waals surface area contributed by atoms with Gasteiger partial charge in [0.1, 0.15) is 5.71 Å². The highest BCUT2D eigenvalue weighted by molar-refractivity contribution is 6.30. The molecule has 0 spiro atoms. The van der Waals surface area contributed by atoms with E-state index < -0.39 is 16.7 Å². The third-order valence-corrected chi connectivity index (χ3v) is 3.78. The lowest BCUT2D eigenvalue weighted by molar-refractivity contribution is -0.485. The van der Waals surface area contributed by atoms with E-state index in [9.17, 15) is 14.9 Å². The summed E-state index contributed by atoms with van der Waals surface area (Å²) in [6.07, 6.45) is 0. The number of hydrogen-bond acceptors (Lipinski definition) is 4. The lowest BCUT2D eigenvalue weighted by Gasteiger charge is -2.06. The first kappa shape index (κ1) is 14.1. The minimum atomic E-state index is -1.42. The zero-order valence-electron chi connectivity index (χ0n) is 12.2. The molecule has 2 aromatic carbocycles. The molecule has 22 heavy (non-hydrogen) atoms. The fraction of sp³-hybridized carbons (Fsp3) is 0.176. The van der Waals surface area contributed by atoms with E-state index in [-0.39, 0.29) is 5.71 Å². The van der Waals surface area contributed by atoms with E-state index in [0.717, 1.165) is 11.1 Å². The summed E-state index contributed by atoms with van der Waals surface area (Å²) >= 11 is 0. The first-order valence-electron chi connectivity index (χ1n) is 6.92. The summed E-state index contributed by atoms with van der Waals surface area (Å²) < 4.78 is 0. The molecule has 0 heterocycles. The number of rotatable bonds is 2. The van der Waals surface area contributed by atoms with Gasteiger partial charge in [-0.1, -0.05) is 42.0 Å².